The van der Waals surface area contributed by atoms with Gasteiger partial charge in [-0.05, 0) is 25.7 Å². The highest BCUT2D eigenvalue weighted by Gasteiger charge is 2.38. The average Bonchev–Trinajstić information content (AvgIpc) is 2.21. The summed E-state index contributed by atoms with van der Waals surface area (Å²) < 4.78 is 10.7. The van der Waals surface area contributed by atoms with Crippen molar-refractivity contribution in [2.45, 2.75) is 51.2 Å². The molecule has 0 amide bonds. The van der Waals surface area contributed by atoms with Crippen LogP contribution in [0.4, 0.5) is 0 Å². The van der Waals surface area contributed by atoms with Gasteiger partial charge in [-0.3, -0.25) is 0 Å². The highest BCUT2D eigenvalue weighted by molar-refractivity contribution is 5.77. The quantitative estimate of drug-likeness (QED) is 0.785. The minimum atomic E-state index is -1.22. The predicted octanol–water partition coefficient (Wildman–Crippen LogP) is 2.07. The summed E-state index contributed by atoms with van der Waals surface area (Å²) in [5.74, 6) is -0.517. The lowest BCUT2D eigenvalue weighted by Crippen LogP contribution is -2.47. The van der Waals surface area contributed by atoms with Crippen LogP contribution in [0.5, 0.6) is 0 Å². The van der Waals surface area contributed by atoms with Gasteiger partial charge < -0.3 is 14.6 Å². The second-order valence-electron chi connectivity index (χ2n) is 4.89. The summed E-state index contributed by atoms with van der Waals surface area (Å²) in [4.78, 5) is 11.2. The second kappa shape index (κ2) is 5.64. The smallest absolute Gasteiger partial charge is 0.338 e. The van der Waals surface area contributed by atoms with E-state index in [1.54, 1.807) is 6.92 Å². The molecular formula is C12H22O4. The number of hydrogen-bond donors (Lipinski definition) is 1. The third kappa shape index (κ3) is 3.19. The molecule has 16 heavy (non-hydrogen) atoms. The van der Waals surface area contributed by atoms with Crippen LogP contribution < -0.4 is 0 Å². The molecule has 1 saturated carbocycles. The zero-order valence-corrected chi connectivity index (χ0v) is 10.4. The minimum Gasteiger partial charge on any atom is -0.479 e. The number of rotatable bonds is 5. The van der Waals surface area contributed by atoms with E-state index >= 15 is 0 Å². The molecule has 1 aliphatic carbocycles. The van der Waals surface area contributed by atoms with Crippen LogP contribution >= 0.6 is 0 Å². The van der Waals surface area contributed by atoms with Crippen LogP contribution in [0.2, 0.25) is 0 Å². The van der Waals surface area contributed by atoms with E-state index in [1.165, 1.54) is 13.5 Å². The zero-order valence-electron chi connectivity index (χ0n) is 10.4. The SMILES string of the molecule is COCC(C)(OC1CCCCC1C)C(=O)O. The van der Waals surface area contributed by atoms with Crippen molar-refractivity contribution in [1.29, 1.82) is 0 Å². The van der Waals surface area contributed by atoms with Gasteiger partial charge in [0.1, 0.15) is 0 Å². The maximum atomic E-state index is 11.2. The van der Waals surface area contributed by atoms with Crippen molar-refractivity contribution in [2.75, 3.05) is 13.7 Å². The van der Waals surface area contributed by atoms with Crippen LogP contribution in [0, 0.1) is 5.92 Å². The first-order valence-electron chi connectivity index (χ1n) is 5.90. The molecule has 1 fully saturated rings. The van der Waals surface area contributed by atoms with Gasteiger partial charge in [0.15, 0.2) is 5.60 Å². The van der Waals surface area contributed by atoms with Gasteiger partial charge in [-0.1, -0.05) is 19.8 Å². The number of hydrogen-bond acceptors (Lipinski definition) is 3. The van der Waals surface area contributed by atoms with Gasteiger partial charge in [0.05, 0.1) is 12.7 Å². The summed E-state index contributed by atoms with van der Waals surface area (Å²) in [6, 6.07) is 0. The maximum Gasteiger partial charge on any atom is 0.338 e. The Bertz CT molecular complexity index is 241. The summed E-state index contributed by atoms with van der Waals surface area (Å²) in [6.07, 6.45) is 4.46. The standard InChI is InChI=1S/C12H22O4/c1-9-6-4-5-7-10(9)16-12(2,8-15-3)11(13)14/h9-10H,4-8H2,1-3H3,(H,13,14). The van der Waals surface area contributed by atoms with E-state index in [0.717, 1.165) is 19.3 Å². The van der Waals surface area contributed by atoms with E-state index in [-0.39, 0.29) is 12.7 Å². The van der Waals surface area contributed by atoms with Gasteiger partial charge in [0, 0.05) is 7.11 Å². The number of carboxylic acid groups (broad SMARTS) is 1. The number of carbonyl (C=O) groups is 1. The lowest BCUT2D eigenvalue weighted by Gasteiger charge is -2.35. The molecule has 0 aromatic carbocycles. The molecule has 1 N–H and O–H groups in total. The molecule has 3 unspecified atom stereocenters. The minimum absolute atomic E-state index is 0.0463. The number of methoxy groups -OCH3 is 1. The molecule has 94 valence electrons. The Morgan fingerprint density at radius 1 is 1.44 bits per heavy atom. The third-order valence-corrected chi connectivity index (χ3v) is 3.32. The highest BCUT2D eigenvalue weighted by Crippen LogP contribution is 2.30. The molecule has 0 aromatic rings. The third-order valence-electron chi connectivity index (χ3n) is 3.32. The molecule has 0 saturated heterocycles. The van der Waals surface area contributed by atoms with Crippen molar-refractivity contribution in [3.05, 3.63) is 0 Å². The predicted molar refractivity (Wildman–Crippen MR) is 60.4 cm³/mol. The van der Waals surface area contributed by atoms with Gasteiger partial charge >= 0.3 is 5.97 Å². The summed E-state index contributed by atoms with van der Waals surface area (Å²) in [7, 11) is 1.49. The summed E-state index contributed by atoms with van der Waals surface area (Å²) in [6.45, 7) is 3.80. The van der Waals surface area contributed by atoms with Gasteiger partial charge in [-0.25, -0.2) is 4.79 Å². The van der Waals surface area contributed by atoms with Gasteiger partial charge in [-0.2, -0.15) is 0 Å². The Hall–Kier alpha value is -0.610. The first-order valence-corrected chi connectivity index (χ1v) is 5.90. The van der Waals surface area contributed by atoms with Crippen LogP contribution in [0.1, 0.15) is 39.5 Å². The summed E-state index contributed by atoms with van der Waals surface area (Å²) in [5.41, 5.74) is -1.22. The number of ether oxygens (including phenoxy) is 2. The topological polar surface area (TPSA) is 55.8 Å². The fourth-order valence-electron chi connectivity index (χ4n) is 2.21. The lowest BCUT2D eigenvalue weighted by molar-refractivity contribution is -0.186. The zero-order chi connectivity index (χ0) is 12.2. The fourth-order valence-corrected chi connectivity index (χ4v) is 2.21. The van der Waals surface area contributed by atoms with Crippen molar-refractivity contribution in [2.24, 2.45) is 5.92 Å². The molecule has 1 rings (SSSR count). The average molecular weight is 230 g/mol. The first kappa shape index (κ1) is 13.5. The molecular weight excluding hydrogens is 208 g/mol. The van der Waals surface area contributed by atoms with E-state index in [2.05, 4.69) is 6.92 Å². The Morgan fingerprint density at radius 2 is 2.06 bits per heavy atom. The summed E-state index contributed by atoms with van der Waals surface area (Å²) in [5, 5.41) is 9.18. The monoisotopic (exact) mass is 230 g/mol. The van der Waals surface area contributed by atoms with E-state index < -0.39 is 11.6 Å². The number of carboxylic acids is 1. The van der Waals surface area contributed by atoms with Crippen molar-refractivity contribution >= 4 is 5.97 Å². The van der Waals surface area contributed by atoms with Crippen LogP contribution in [0.15, 0.2) is 0 Å². The van der Waals surface area contributed by atoms with Crippen LogP contribution in [-0.4, -0.2) is 36.5 Å². The van der Waals surface area contributed by atoms with E-state index in [9.17, 15) is 9.90 Å². The van der Waals surface area contributed by atoms with Gasteiger partial charge in [0.2, 0.25) is 0 Å². The van der Waals surface area contributed by atoms with Crippen molar-refractivity contribution < 1.29 is 19.4 Å². The molecule has 0 spiro atoms. The fraction of sp³-hybridized carbons (Fsp3) is 0.917. The van der Waals surface area contributed by atoms with Crippen LogP contribution in [0.3, 0.4) is 0 Å². The maximum absolute atomic E-state index is 11.2. The Morgan fingerprint density at radius 3 is 2.56 bits per heavy atom. The van der Waals surface area contributed by atoms with E-state index in [0.29, 0.717) is 5.92 Å². The van der Waals surface area contributed by atoms with Crippen molar-refractivity contribution in [3.63, 3.8) is 0 Å². The van der Waals surface area contributed by atoms with Gasteiger partial charge in [0.25, 0.3) is 0 Å². The molecule has 3 atom stereocenters. The molecule has 0 bridgehead atoms. The van der Waals surface area contributed by atoms with Crippen molar-refractivity contribution in [1.82, 2.24) is 0 Å². The first-order chi connectivity index (χ1) is 7.49. The Balaban J connectivity index is 2.63. The molecule has 1 aliphatic rings. The molecule has 0 aromatic heterocycles. The molecule has 4 heteroatoms. The number of aliphatic carboxylic acids is 1. The van der Waals surface area contributed by atoms with E-state index in [1.807, 2.05) is 0 Å². The normalized spacial score (nSPS) is 29.7. The Labute approximate surface area is 96.9 Å². The van der Waals surface area contributed by atoms with Gasteiger partial charge in [-0.15, -0.1) is 0 Å². The second-order valence-corrected chi connectivity index (χ2v) is 4.89. The largest absolute Gasteiger partial charge is 0.479 e. The molecule has 0 aliphatic heterocycles. The molecule has 4 nitrogen and oxygen atoms in total. The van der Waals surface area contributed by atoms with E-state index in [4.69, 9.17) is 9.47 Å². The molecule has 0 heterocycles. The highest BCUT2D eigenvalue weighted by atomic mass is 16.6. The van der Waals surface area contributed by atoms with Crippen LogP contribution in [0.25, 0.3) is 0 Å². The summed E-state index contributed by atoms with van der Waals surface area (Å²) >= 11 is 0. The van der Waals surface area contributed by atoms with Crippen molar-refractivity contribution in [3.8, 4) is 0 Å². The Kier molecular flexibility index (Phi) is 4.74. The van der Waals surface area contributed by atoms with Crippen LogP contribution in [-0.2, 0) is 14.3 Å². The lowest BCUT2D eigenvalue weighted by atomic mass is 9.87. The molecule has 0 radical (unpaired) electrons.